The van der Waals surface area contributed by atoms with Crippen molar-refractivity contribution >= 4 is 15.9 Å². The van der Waals surface area contributed by atoms with Gasteiger partial charge >= 0.3 is 0 Å². The van der Waals surface area contributed by atoms with Gasteiger partial charge in [-0.2, -0.15) is 0 Å². The second-order valence-corrected chi connectivity index (χ2v) is 4.27. The van der Waals surface area contributed by atoms with Crippen molar-refractivity contribution in [3.63, 3.8) is 0 Å². The monoisotopic (exact) mass is 284 g/mol. The highest BCUT2D eigenvalue weighted by molar-refractivity contribution is 9.10. The van der Waals surface area contributed by atoms with Crippen molar-refractivity contribution in [2.24, 2.45) is 5.84 Å². The first kappa shape index (κ1) is 13.2. The molecule has 0 radical (unpaired) electrons. The Kier molecular flexibility index (Phi) is 5.47. The van der Waals surface area contributed by atoms with Gasteiger partial charge in [-0.3, -0.25) is 11.3 Å². The van der Waals surface area contributed by atoms with E-state index in [1.807, 2.05) is 0 Å². The molecule has 1 atom stereocenters. The molecule has 0 fully saturated rings. The molecule has 0 amide bonds. The van der Waals surface area contributed by atoms with E-state index in [1.54, 1.807) is 19.1 Å². The van der Waals surface area contributed by atoms with Gasteiger partial charge in [0.25, 0.3) is 0 Å². The number of hydrogen-bond donors (Lipinski definition) is 2. The Labute approximate surface area is 104 Å². The fourth-order valence-corrected chi connectivity index (χ4v) is 1.79. The van der Waals surface area contributed by atoms with Gasteiger partial charge in [0.05, 0.1) is 0 Å². The Morgan fingerprint density at radius 2 is 2.31 bits per heavy atom. The van der Waals surface area contributed by atoms with E-state index in [1.165, 1.54) is 6.07 Å². The molecule has 0 saturated carbocycles. The lowest BCUT2D eigenvalue weighted by Crippen LogP contribution is -2.28. The summed E-state index contributed by atoms with van der Waals surface area (Å²) in [6.07, 6.45) is 1.39. The van der Waals surface area contributed by atoms with E-state index in [4.69, 9.17) is 5.84 Å². The van der Waals surface area contributed by atoms with Crippen LogP contribution in [-0.2, 0) is 0 Å². The van der Waals surface area contributed by atoms with Crippen LogP contribution in [-0.4, -0.2) is 0 Å². The average Bonchev–Trinajstić information content (AvgIpc) is 2.26. The zero-order chi connectivity index (χ0) is 12.0. The van der Waals surface area contributed by atoms with Gasteiger partial charge in [-0.05, 0) is 25.5 Å². The Balaban J connectivity index is 2.80. The Hall–Kier alpha value is -0.890. The van der Waals surface area contributed by atoms with Crippen molar-refractivity contribution in [1.82, 2.24) is 5.43 Å². The maximum atomic E-state index is 13.6. The molecular weight excluding hydrogens is 271 g/mol. The molecule has 16 heavy (non-hydrogen) atoms. The molecule has 0 saturated heterocycles. The summed E-state index contributed by atoms with van der Waals surface area (Å²) in [4.78, 5) is 0. The van der Waals surface area contributed by atoms with Crippen LogP contribution in [0.15, 0.2) is 22.7 Å². The van der Waals surface area contributed by atoms with Crippen LogP contribution in [0.2, 0.25) is 0 Å². The standard InChI is InChI=1S/C12H14BrFN2/c1-2-3-4-5-12(16-15)10-7-6-9(13)8-11(10)14/h6-8,12,16H,4-5,15H2,1H3. The third-order valence-electron chi connectivity index (χ3n) is 2.27. The van der Waals surface area contributed by atoms with Crippen molar-refractivity contribution in [3.05, 3.63) is 34.1 Å². The molecule has 86 valence electrons. The summed E-state index contributed by atoms with van der Waals surface area (Å²) in [5.41, 5.74) is 3.19. The molecule has 2 nitrogen and oxygen atoms in total. The van der Waals surface area contributed by atoms with Gasteiger partial charge in [-0.15, -0.1) is 11.8 Å². The number of hydrogen-bond acceptors (Lipinski definition) is 2. The number of halogens is 2. The molecule has 0 aliphatic rings. The lowest BCUT2D eigenvalue weighted by molar-refractivity contribution is 0.490. The molecule has 0 bridgehead atoms. The highest BCUT2D eigenvalue weighted by atomic mass is 79.9. The first-order valence-corrected chi connectivity index (χ1v) is 5.79. The van der Waals surface area contributed by atoms with Crippen LogP contribution >= 0.6 is 15.9 Å². The summed E-state index contributed by atoms with van der Waals surface area (Å²) >= 11 is 3.22. The summed E-state index contributed by atoms with van der Waals surface area (Å²) in [5, 5.41) is 0. The summed E-state index contributed by atoms with van der Waals surface area (Å²) < 4.78 is 14.4. The third-order valence-corrected chi connectivity index (χ3v) is 2.77. The predicted molar refractivity (Wildman–Crippen MR) is 66.8 cm³/mol. The molecule has 0 heterocycles. The van der Waals surface area contributed by atoms with E-state index >= 15 is 0 Å². The number of nitrogens with one attached hydrogen (secondary N) is 1. The molecule has 1 aromatic carbocycles. The SMILES string of the molecule is CC#CCCC(NN)c1ccc(Br)cc1F. The number of rotatable bonds is 4. The quantitative estimate of drug-likeness (QED) is 0.507. The zero-order valence-corrected chi connectivity index (χ0v) is 10.6. The number of nitrogens with two attached hydrogens (primary N) is 1. The van der Waals surface area contributed by atoms with Crippen LogP contribution in [0.5, 0.6) is 0 Å². The van der Waals surface area contributed by atoms with E-state index in [-0.39, 0.29) is 11.9 Å². The van der Waals surface area contributed by atoms with Crippen molar-refractivity contribution in [2.45, 2.75) is 25.8 Å². The summed E-state index contributed by atoms with van der Waals surface area (Å²) in [5.74, 6) is 10.9. The van der Waals surface area contributed by atoms with Crippen molar-refractivity contribution < 1.29 is 4.39 Å². The van der Waals surface area contributed by atoms with Crippen LogP contribution < -0.4 is 11.3 Å². The summed E-state index contributed by atoms with van der Waals surface area (Å²) in [6.45, 7) is 1.78. The maximum Gasteiger partial charge on any atom is 0.129 e. The molecule has 3 N–H and O–H groups in total. The van der Waals surface area contributed by atoms with Gasteiger partial charge < -0.3 is 0 Å². The first-order chi connectivity index (χ1) is 7.69. The molecule has 1 unspecified atom stereocenters. The second kappa shape index (κ2) is 6.64. The largest absolute Gasteiger partial charge is 0.271 e. The summed E-state index contributed by atoms with van der Waals surface area (Å²) in [7, 11) is 0. The maximum absolute atomic E-state index is 13.6. The van der Waals surface area contributed by atoms with Crippen LogP contribution in [0.1, 0.15) is 31.4 Å². The molecule has 0 aromatic heterocycles. The Morgan fingerprint density at radius 3 is 2.88 bits per heavy atom. The number of benzene rings is 1. The second-order valence-electron chi connectivity index (χ2n) is 3.35. The predicted octanol–water partition coefficient (Wildman–Crippen LogP) is 2.90. The molecule has 1 rings (SSSR count). The van der Waals surface area contributed by atoms with E-state index in [0.717, 1.165) is 4.47 Å². The van der Waals surface area contributed by atoms with Gasteiger partial charge in [-0.25, -0.2) is 4.39 Å². The van der Waals surface area contributed by atoms with Crippen LogP contribution in [0.25, 0.3) is 0 Å². The minimum absolute atomic E-state index is 0.200. The molecule has 4 heteroatoms. The van der Waals surface area contributed by atoms with Gasteiger partial charge in [0.2, 0.25) is 0 Å². The molecule has 1 aromatic rings. The molecule has 0 aliphatic carbocycles. The third kappa shape index (κ3) is 3.60. The fourth-order valence-electron chi connectivity index (χ4n) is 1.45. The molecule has 0 spiro atoms. The average molecular weight is 285 g/mol. The topological polar surface area (TPSA) is 38.0 Å². The molecular formula is C12H14BrFN2. The van der Waals surface area contributed by atoms with Gasteiger partial charge in [0.1, 0.15) is 5.82 Å². The van der Waals surface area contributed by atoms with Crippen molar-refractivity contribution in [2.75, 3.05) is 0 Å². The first-order valence-electron chi connectivity index (χ1n) is 4.99. The Bertz CT molecular complexity index is 409. The van der Waals surface area contributed by atoms with Crippen LogP contribution in [0.3, 0.4) is 0 Å². The van der Waals surface area contributed by atoms with Crippen molar-refractivity contribution in [1.29, 1.82) is 0 Å². The highest BCUT2D eigenvalue weighted by Crippen LogP contribution is 2.23. The minimum atomic E-state index is -0.262. The summed E-state index contributed by atoms with van der Waals surface area (Å²) in [6, 6.07) is 4.76. The Morgan fingerprint density at radius 1 is 1.56 bits per heavy atom. The molecule has 0 aliphatic heterocycles. The lowest BCUT2D eigenvalue weighted by atomic mass is 10.0. The van der Waals surface area contributed by atoms with E-state index in [9.17, 15) is 4.39 Å². The zero-order valence-electron chi connectivity index (χ0n) is 9.06. The van der Waals surface area contributed by atoms with Gasteiger partial charge in [0, 0.05) is 22.5 Å². The highest BCUT2D eigenvalue weighted by Gasteiger charge is 2.13. The van der Waals surface area contributed by atoms with E-state index < -0.39 is 0 Å². The van der Waals surface area contributed by atoms with Crippen LogP contribution in [0.4, 0.5) is 4.39 Å². The smallest absolute Gasteiger partial charge is 0.129 e. The van der Waals surface area contributed by atoms with Crippen LogP contribution in [0, 0.1) is 17.7 Å². The van der Waals surface area contributed by atoms with Gasteiger partial charge in [-0.1, -0.05) is 22.0 Å². The van der Waals surface area contributed by atoms with E-state index in [0.29, 0.717) is 18.4 Å². The van der Waals surface area contributed by atoms with E-state index in [2.05, 4.69) is 33.2 Å². The number of hydrazine groups is 1. The fraction of sp³-hybridized carbons (Fsp3) is 0.333. The van der Waals surface area contributed by atoms with Crippen molar-refractivity contribution in [3.8, 4) is 11.8 Å². The minimum Gasteiger partial charge on any atom is -0.271 e. The lowest BCUT2D eigenvalue weighted by Gasteiger charge is -2.15. The normalized spacial score (nSPS) is 11.8. The van der Waals surface area contributed by atoms with Gasteiger partial charge in [0.15, 0.2) is 0 Å².